The lowest BCUT2D eigenvalue weighted by Gasteiger charge is -2.13. The summed E-state index contributed by atoms with van der Waals surface area (Å²) in [4.78, 5) is 14.7. The Morgan fingerprint density at radius 2 is 1.67 bits per heavy atom. The molecule has 1 heterocycles. The van der Waals surface area contributed by atoms with Gasteiger partial charge in [-0.3, -0.25) is 0 Å². The van der Waals surface area contributed by atoms with Crippen LogP contribution in [-0.4, -0.2) is 53.9 Å². The van der Waals surface area contributed by atoms with Crippen molar-refractivity contribution in [3.8, 4) is 0 Å². The molecule has 0 fully saturated rings. The van der Waals surface area contributed by atoms with E-state index < -0.39 is 0 Å². The van der Waals surface area contributed by atoms with E-state index in [9.17, 15) is 0 Å². The third-order valence-electron chi connectivity index (χ3n) is 2.17. The number of hydrogen-bond acceptors (Lipinski definition) is 7. The summed E-state index contributed by atoms with van der Waals surface area (Å²) in [5, 5.41) is 15.0. The van der Waals surface area contributed by atoms with E-state index in [-0.39, 0.29) is 6.61 Å². The number of nitrogens with zero attached hydrogens (tertiary/aromatic N) is 4. The summed E-state index contributed by atoms with van der Waals surface area (Å²) in [6, 6.07) is 0. The highest BCUT2D eigenvalue weighted by molar-refractivity contribution is 5.42. The molecule has 3 N–H and O–H groups in total. The van der Waals surface area contributed by atoms with Crippen LogP contribution in [0, 0.1) is 0 Å². The molecule has 7 heteroatoms. The Hall–Kier alpha value is -1.63. The Bertz CT molecular complexity index is 357. The summed E-state index contributed by atoms with van der Waals surface area (Å²) in [5.41, 5.74) is 0. The highest BCUT2D eigenvalue weighted by Crippen LogP contribution is 2.11. The fourth-order valence-electron chi connectivity index (χ4n) is 1.24. The second-order valence-corrected chi connectivity index (χ2v) is 4.11. The lowest BCUT2D eigenvalue weighted by molar-refractivity contribution is 0.292. The van der Waals surface area contributed by atoms with Crippen LogP contribution in [0.4, 0.5) is 17.8 Å². The van der Waals surface area contributed by atoms with Crippen molar-refractivity contribution < 1.29 is 5.11 Å². The standard InChI is InChI=1S/C11H22N6O/c1-4-6-12-9-14-10(13-7-5-8-18)16-11(15-9)17(2)3/h18H,4-8H2,1-3H3,(H2,12,13,14,15,16). The van der Waals surface area contributed by atoms with Gasteiger partial charge < -0.3 is 20.6 Å². The molecule has 7 nitrogen and oxygen atoms in total. The maximum absolute atomic E-state index is 8.74. The summed E-state index contributed by atoms with van der Waals surface area (Å²) < 4.78 is 0. The number of anilines is 3. The molecule has 0 saturated heterocycles. The lowest BCUT2D eigenvalue weighted by Crippen LogP contribution is -2.17. The van der Waals surface area contributed by atoms with Gasteiger partial charge in [-0.15, -0.1) is 0 Å². The first-order valence-electron chi connectivity index (χ1n) is 6.19. The van der Waals surface area contributed by atoms with E-state index in [0.29, 0.717) is 30.8 Å². The number of aliphatic hydroxyl groups excluding tert-OH is 1. The number of aromatic nitrogens is 3. The molecular formula is C11H22N6O. The third-order valence-corrected chi connectivity index (χ3v) is 2.17. The molecule has 0 saturated carbocycles. The first-order valence-corrected chi connectivity index (χ1v) is 6.19. The molecular weight excluding hydrogens is 232 g/mol. The van der Waals surface area contributed by atoms with Crippen LogP contribution in [0.25, 0.3) is 0 Å². The number of hydrogen-bond donors (Lipinski definition) is 3. The predicted octanol–water partition coefficient (Wildman–Crippen LogP) is 0.554. The molecule has 0 aliphatic rings. The SMILES string of the molecule is CCCNc1nc(NCCCO)nc(N(C)C)n1. The van der Waals surface area contributed by atoms with E-state index >= 15 is 0 Å². The molecule has 0 atom stereocenters. The molecule has 102 valence electrons. The molecule has 1 aromatic rings. The van der Waals surface area contributed by atoms with Crippen molar-refractivity contribution in [2.45, 2.75) is 19.8 Å². The normalized spacial score (nSPS) is 10.2. The molecule has 18 heavy (non-hydrogen) atoms. The summed E-state index contributed by atoms with van der Waals surface area (Å²) in [5.74, 6) is 1.71. The fourth-order valence-corrected chi connectivity index (χ4v) is 1.24. The van der Waals surface area contributed by atoms with Gasteiger partial charge in [-0.05, 0) is 12.8 Å². The van der Waals surface area contributed by atoms with Gasteiger partial charge in [-0.1, -0.05) is 6.92 Å². The van der Waals surface area contributed by atoms with Gasteiger partial charge in [-0.25, -0.2) is 0 Å². The molecule has 0 spiro atoms. The topological polar surface area (TPSA) is 86.2 Å². The van der Waals surface area contributed by atoms with Crippen molar-refractivity contribution in [2.24, 2.45) is 0 Å². The highest BCUT2D eigenvalue weighted by atomic mass is 16.3. The first-order chi connectivity index (χ1) is 8.67. The molecule has 1 aromatic heterocycles. The Balaban J connectivity index is 2.77. The quantitative estimate of drug-likeness (QED) is 0.584. The van der Waals surface area contributed by atoms with E-state index in [4.69, 9.17) is 5.11 Å². The van der Waals surface area contributed by atoms with Crippen molar-refractivity contribution in [1.29, 1.82) is 0 Å². The Labute approximate surface area is 108 Å². The minimum absolute atomic E-state index is 0.152. The van der Waals surface area contributed by atoms with E-state index in [2.05, 4.69) is 32.5 Å². The zero-order chi connectivity index (χ0) is 13.4. The van der Waals surface area contributed by atoms with Crippen molar-refractivity contribution in [1.82, 2.24) is 15.0 Å². The number of aliphatic hydroxyl groups is 1. The minimum atomic E-state index is 0.152. The number of rotatable bonds is 8. The minimum Gasteiger partial charge on any atom is -0.396 e. The van der Waals surface area contributed by atoms with Gasteiger partial charge >= 0.3 is 0 Å². The van der Waals surface area contributed by atoms with E-state index in [1.807, 2.05) is 19.0 Å². The monoisotopic (exact) mass is 254 g/mol. The van der Waals surface area contributed by atoms with Gasteiger partial charge in [0, 0.05) is 33.8 Å². The molecule has 0 unspecified atom stereocenters. The van der Waals surface area contributed by atoms with Crippen molar-refractivity contribution in [3.63, 3.8) is 0 Å². The van der Waals surface area contributed by atoms with Gasteiger partial charge in [-0.2, -0.15) is 15.0 Å². The largest absolute Gasteiger partial charge is 0.396 e. The van der Waals surface area contributed by atoms with Crippen LogP contribution in [0.1, 0.15) is 19.8 Å². The average molecular weight is 254 g/mol. The zero-order valence-electron chi connectivity index (χ0n) is 11.3. The predicted molar refractivity (Wildman–Crippen MR) is 73.1 cm³/mol. The summed E-state index contributed by atoms with van der Waals surface area (Å²) >= 11 is 0. The Morgan fingerprint density at radius 3 is 2.17 bits per heavy atom. The Morgan fingerprint density at radius 1 is 1.06 bits per heavy atom. The summed E-state index contributed by atoms with van der Waals surface area (Å²) in [6.45, 7) is 3.70. The Kier molecular flexibility index (Phi) is 6.13. The smallest absolute Gasteiger partial charge is 0.231 e. The van der Waals surface area contributed by atoms with Gasteiger partial charge in [0.15, 0.2) is 0 Å². The van der Waals surface area contributed by atoms with Crippen molar-refractivity contribution in [3.05, 3.63) is 0 Å². The van der Waals surface area contributed by atoms with Gasteiger partial charge in [0.1, 0.15) is 0 Å². The third kappa shape index (κ3) is 4.70. The molecule has 0 bridgehead atoms. The lowest BCUT2D eigenvalue weighted by atomic mass is 10.4. The highest BCUT2D eigenvalue weighted by Gasteiger charge is 2.07. The zero-order valence-corrected chi connectivity index (χ0v) is 11.3. The van der Waals surface area contributed by atoms with Crippen LogP contribution >= 0.6 is 0 Å². The second kappa shape index (κ2) is 7.65. The second-order valence-electron chi connectivity index (χ2n) is 4.11. The van der Waals surface area contributed by atoms with Crippen LogP contribution in [0.3, 0.4) is 0 Å². The van der Waals surface area contributed by atoms with Gasteiger partial charge in [0.2, 0.25) is 17.8 Å². The maximum atomic E-state index is 8.74. The molecule has 0 aliphatic carbocycles. The average Bonchev–Trinajstić information content (AvgIpc) is 2.36. The first kappa shape index (κ1) is 14.4. The molecule has 1 rings (SSSR count). The van der Waals surface area contributed by atoms with Crippen LogP contribution in [-0.2, 0) is 0 Å². The molecule has 0 aliphatic heterocycles. The molecule has 0 amide bonds. The van der Waals surface area contributed by atoms with E-state index in [1.165, 1.54) is 0 Å². The van der Waals surface area contributed by atoms with Crippen molar-refractivity contribution >= 4 is 17.8 Å². The van der Waals surface area contributed by atoms with E-state index in [0.717, 1.165) is 13.0 Å². The van der Waals surface area contributed by atoms with Crippen LogP contribution in [0.2, 0.25) is 0 Å². The van der Waals surface area contributed by atoms with Crippen molar-refractivity contribution in [2.75, 3.05) is 49.3 Å². The maximum Gasteiger partial charge on any atom is 0.231 e. The van der Waals surface area contributed by atoms with Crippen LogP contribution < -0.4 is 15.5 Å². The summed E-state index contributed by atoms with van der Waals surface area (Å²) in [6.07, 6.45) is 1.68. The fraction of sp³-hybridized carbons (Fsp3) is 0.727. The van der Waals surface area contributed by atoms with Gasteiger partial charge in [0.05, 0.1) is 0 Å². The molecule has 0 radical (unpaired) electrons. The van der Waals surface area contributed by atoms with Crippen LogP contribution in [0.5, 0.6) is 0 Å². The molecule has 0 aromatic carbocycles. The number of nitrogens with one attached hydrogen (secondary N) is 2. The van der Waals surface area contributed by atoms with Gasteiger partial charge in [0.25, 0.3) is 0 Å². The van der Waals surface area contributed by atoms with Crippen LogP contribution in [0.15, 0.2) is 0 Å². The van der Waals surface area contributed by atoms with E-state index in [1.54, 1.807) is 0 Å². The summed E-state index contributed by atoms with van der Waals surface area (Å²) in [7, 11) is 3.77.